The van der Waals surface area contributed by atoms with Crippen LogP contribution in [0.3, 0.4) is 0 Å². The van der Waals surface area contributed by atoms with Gasteiger partial charge in [0.05, 0.1) is 11.6 Å². The molecule has 0 aliphatic carbocycles. The van der Waals surface area contributed by atoms with Crippen molar-refractivity contribution >= 4 is 75.6 Å². The zero-order valence-corrected chi connectivity index (χ0v) is 52.7. The number of Topliss-reactive ketones (excluding diaryl/α,β-unsaturated/α-hetero) is 2. The van der Waals surface area contributed by atoms with E-state index >= 15 is 9.59 Å². The second kappa shape index (κ2) is 29.7. The Morgan fingerprint density at radius 2 is 1.25 bits per heavy atom. The number of cyclic esters (lactones) is 1. The fourth-order valence-electron chi connectivity index (χ4n) is 11.7. The number of carbonyl (C=O) groups excluding carboxylic acids is 9. The number of amides is 6. The predicted molar refractivity (Wildman–Crippen MR) is 316 cm³/mol. The van der Waals surface area contributed by atoms with Crippen molar-refractivity contribution in [3.05, 3.63) is 69.3 Å². The quantitative estimate of drug-likeness (QED) is 0.154. The number of aliphatic hydroxyl groups is 1. The molecule has 2 aliphatic rings. The first-order valence-electron chi connectivity index (χ1n) is 28.8. The molecule has 17 nitrogen and oxygen atoms in total. The summed E-state index contributed by atoms with van der Waals surface area (Å²) in [6, 6.07) is 10.5. The lowest BCUT2D eigenvalue weighted by Crippen LogP contribution is -2.61. The summed E-state index contributed by atoms with van der Waals surface area (Å²) in [4.78, 5) is 141. The molecule has 6 amide bonds. The van der Waals surface area contributed by atoms with Gasteiger partial charge in [0.25, 0.3) is 5.91 Å². The first-order valence-corrected chi connectivity index (χ1v) is 29.9. The van der Waals surface area contributed by atoms with E-state index in [1.807, 2.05) is 103 Å². The van der Waals surface area contributed by atoms with Crippen LogP contribution in [0.1, 0.15) is 133 Å². The predicted octanol–water partition coefficient (Wildman–Crippen LogP) is 7.02. The van der Waals surface area contributed by atoms with E-state index in [4.69, 9.17) is 4.74 Å². The topological polar surface area (TPSA) is 211 Å². The van der Waals surface area contributed by atoms with Gasteiger partial charge in [-0.25, -0.2) is 4.79 Å². The first kappa shape index (κ1) is 67.3. The molecule has 0 radical (unpaired) electrons. The molecule has 2 aliphatic heterocycles. The van der Waals surface area contributed by atoms with Crippen LogP contribution in [0, 0.1) is 50.9 Å². The third-order valence-corrected chi connectivity index (χ3v) is 17.2. The van der Waals surface area contributed by atoms with Gasteiger partial charge in [-0.3, -0.25) is 38.4 Å². The maximum atomic E-state index is 15.3. The van der Waals surface area contributed by atoms with Gasteiger partial charge in [0.15, 0.2) is 17.9 Å². The van der Waals surface area contributed by atoms with Crippen molar-refractivity contribution in [3.63, 3.8) is 0 Å². The van der Waals surface area contributed by atoms with Gasteiger partial charge in [-0.05, 0) is 103 Å². The zero-order chi connectivity index (χ0) is 60.2. The van der Waals surface area contributed by atoms with E-state index in [1.54, 1.807) is 32.7 Å². The lowest BCUT2D eigenvalue weighted by molar-refractivity contribution is -0.178. The number of halogens is 1. The molecule has 444 valence electrons. The van der Waals surface area contributed by atoms with Crippen molar-refractivity contribution in [3.8, 4) is 0 Å². The van der Waals surface area contributed by atoms with Crippen LogP contribution in [0.2, 0.25) is 0 Å². The Balaban J connectivity index is 1.94. The van der Waals surface area contributed by atoms with Crippen molar-refractivity contribution in [1.82, 2.24) is 29.8 Å². The number of fused-ring (bicyclic) bond motifs is 2. The van der Waals surface area contributed by atoms with E-state index in [9.17, 15) is 38.7 Å². The molecule has 3 unspecified atom stereocenters. The van der Waals surface area contributed by atoms with Gasteiger partial charge >= 0.3 is 5.97 Å². The smallest absolute Gasteiger partial charge is 0.332 e. The highest BCUT2D eigenvalue weighted by molar-refractivity contribution is 14.1. The number of carbonyl (C=O) groups is 9. The molecule has 0 aromatic heterocycles. The maximum absolute atomic E-state index is 15.3. The van der Waals surface area contributed by atoms with E-state index in [0.29, 0.717) is 24.8 Å². The minimum atomic E-state index is -1.94. The van der Waals surface area contributed by atoms with Crippen LogP contribution >= 0.6 is 22.6 Å². The SMILES string of the molecule is CCC(C)[C@@H]1CC(=O)[C@@H]2CCN(C2)C(=O)C(Cc2cccc(I)c2)N(C)C(=O)[C@H](Cc2ccccc2)NC(=O)[C@H](C(C)C)N(C)C(=O)[C@@H](C(C)CC)OC(=O)[C@H](C(C)(C)O)N(C)C(=O)[C@H](CC(C)C)CC(=O)[C@H](C(C)C)N(C)C1=O. The van der Waals surface area contributed by atoms with Crippen LogP contribution in [0.5, 0.6) is 0 Å². The van der Waals surface area contributed by atoms with Crippen LogP contribution in [0.4, 0.5) is 0 Å². The van der Waals surface area contributed by atoms with E-state index in [0.717, 1.165) is 14.0 Å². The molecule has 0 saturated carbocycles. The Morgan fingerprint density at radius 1 is 0.662 bits per heavy atom. The standard InChI is InChI=1S/C62H93IN6O11/c1-17-39(9)46-34-49(70)43-27-28-69(35-43)59(76)48(32-42-25-22-26-45(63)30-42)65(13)58(75)47(31-41-23-20-19-21-24-41)64-55(72)52(38(7)8)67(15)60(77)53(40(10)18-2)80-61(78)54(62(11,12)79)68(16)56(73)44(29-36(3)4)33-50(71)51(37(5)6)66(14)57(46)74/h19-26,30,36-40,43-44,46-48,51-54,79H,17-18,27-29,31-35H2,1-16H3,(H,64,72)/t39?,40?,43-,44-,46+,47+,48?,51+,52+,53-,54-/m1/s1. The van der Waals surface area contributed by atoms with E-state index < -0.39 is 113 Å². The number of ketones is 2. The highest BCUT2D eigenvalue weighted by Crippen LogP contribution is 2.32. The average molecular weight is 1230 g/mol. The molecule has 4 rings (SSSR count). The Hall–Kier alpha value is -5.24. The molecule has 18 heteroatoms. The van der Waals surface area contributed by atoms with Gasteiger partial charge in [0, 0.05) is 94.2 Å². The van der Waals surface area contributed by atoms with E-state index in [2.05, 4.69) is 27.9 Å². The highest BCUT2D eigenvalue weighted by Gasteiger charge is 2.47. The number of likely N-dealkylation sites (N-methyl/N-ethyl adjacent to an activating group) is 4. The second-order valence-electron chi connectivity index (χ2n) is 24.5. The summed E-state index contributed by atoms with van der Waals surface area (Å²) >= 11 is 2.19. The summed E-state index contributed by atoms with van der Waals surface area (Å²) in [5.74, 6) is -9.43. The van der Waals surface area contributed by atoms with Gasteiger partial charge in [-0.15, -0.1) is 0 Å². The summed E-state index contributed by atoms with van der Waals surface area (Å²) in [6.07, 6.45) is -0.336. The summed E-state index contributed by atoms with van der Waals surface area (Å²) in [5.41, 5.74) is -0.437. The first-order chi connectivity index (χ1) is 37.4. The molecule has 2 saturated heterocycles. The minimum absolute atomic E-state index is 0.0235. The second-order valence-corrected chi connectivity index (χ2v) is 25.7. The van der Waals surface area contributed by atoms with Crippen LogP contribution < -0.4 is 5.32 Å². The molecule has 11 atom stereocenters. The van der Waals surface area contributed by atoms with Gasteiger partial charge in [-0.2, -0.15) is 0 Å². The van der Waals surface area contributed by atoms with E-state index in [-0.39, 0.29) is 74.5 Å². The molecule has 2 fully saturated rings. The third-order valence-electron chi connectivity index (χ3n) is 16.6. The van der Waals surface area contributed by atoms with E-state index in [1.165, 1.54) is 49.7 Å². The molecule has 0 spiro atoms. The molecular weight excluding hydrogens is 1130 g/mol. The molecule has 2 bridgehead atoms. The third kappa shape index (κ3) is 17.2. The molecule has 80 heavy (non-hydrogen) atoms. The lowest BCUT2D eigenvalue weighted by atomic mass is 9.82. The largest absolute Gasteiger partial charge is 0.450 e. The van der Waals surface area contributed by atoms with Crippen molar-refractivity contribution in [2.24, 2.45) is 47.3 Å². The summed E-state index contributed by atoms with van der Waals surface area (Å²) in [5, 5.41) is 14.7. The number of esters is 1. The fraction of sp³-hybridized carbons (Fsp3) is 0.661. The number of hydrogen-bond acceptors (Lipinski definition) is 11. The monoisotopic (exact) mass is 1220 g/mol. The summed E-state index contributed by atoms with van der Waals surface area (Å²) < 4.78 is 7.05. The molecule has 2 N–H and O–H groups in total. The Bertz CT molecular complexity index is 2500. The maximum Gasteiger partial charge on any atom is 0.332 e. The number of nitrogens with zero attached hydrogens (tertiary/aromatic N) is 5. The lowest BCUT2D eigenvalue weighted by Gasteiger charge is -2.39. The van der Waals surface area contributed by atoms with Crippen LogP contribution in [-0.4, -0.2) is 166 Å². The van der Waals surface area contributed by atoms with Crippen molar-refractivity contribution in [2.45, 2.75) is 176 Å². The van der Waals surface area contributed by atoms with Crippen LogP contribution in [-0.2, 0) is 60.7 Å². The van der Waals surface area contributed by atoms with Crippen molar-refractivity contribution in [1.29, 1.82) is 0 Å². The van der Waals surface area contributed by atoms with Crippen LogP contribution in [0.15, 0.2) is 54.6 Å². The van der Waals surface area contributed by atoms with Crippen molar-refractivity contribution in [2.75, 3.05) is 41.3 Å². The summed E-state index contributed by atoms with van der Waals surface area (Å²) in [7, 11) is 5.87. The van der Waals surface area contributed by atoms with Gasteiger partial charge < -0.3 is 39.7 Å². The van der Waals surface area contributed by atoms with Crippen molar-refractivity contribution < 1.29 is 53.0 Å². The number of ether oxygens (including phenoxy) is 1. The Labute approximate surface area is 490 Å². The molecule has 2 aromatic rings. The number of benzene rings is 2. The fourth-order valence-corrected chi connectivity index (χ4v) is 12.3. The average Bonchev–Trinajstić information content (AvgIpc) is 3.89. The normalized spacial score (nSPS) is 26.5. The number of hydrogen-bond donors (Lipinski definition) is 2. The van der Waals surface area contributed by atoms with Gasteiger partial charge in [-0.1, -0.05) is 118 Å². The zero-order valence-electron chi connectivity index (χ0n) is 50.5. The van der Waals surface area contributed by atoms with Crippen LogP contribution in [0.25, 0.3) is 0 Å². The number of rotatable bonds is 13. The summed E-state index contributed by atoms with van der Waals surface area (Å²) in [6.45, 7) is 21.3. The molecule has 2 heterocycles. The molecular formula is C62H93IN6O11. The van der Waals surface area contributed by atoms with Gasteiger partial charge in [0.2, 0.25) is 29.5 Å². The highest BCUT2D eigenvalue weighted by atomic mass is 127. The Morgan fingerprint density at radius 3 is 1.80 bits per heavy atom. The Kier molecular flexibility index (Phi) is 24.9. The number of nitrogens with one attached hydrogen (secondary N) is 1. The molecule has 2 aromatic carbocycles. The van der Waals surface area contributed by atoms with Gasteiger partial charge in [0.1, 0.15) is 23.9 Å². The minimum Gasteiger partial charge on any atom is -0.450 e.